The maximum atomic E-state index is 12.9. The Labute approximate surface area is 296 Å². The van der Waals surface area contributed by atoms with Crippen LogP contribution in [0.2, 0.25) is 0 Å². The summed E-state index contributed by atoms with van der Waals surface area (Å²) in [6, 6.07) is 4.29. The van der Waals surface area contributed by atoms with Gasteiger partial charge in [0, 0.05) is 56.1 Å². The number of hydrogen-bond acceptors (Lipinski definition) is 6. The van der Waals surface area contributed by atoms with Crippen molar-refractivity contribution >= 4 is 59.9 Å². The van der Waals surface area contributed by atoms with Gasteiger partial charge in [0.2, 0.25) is 0 Å². The fourth-order valence-electron chi connectivity index (χ4n) is 7.09. The number of ether oxygens (including phenoxy) is 2. The summed E-state index contributed by atoms with van der Waals surface area (Å²) in [6.07, 6.45) is 27.5. The minimum Gasteiger partial charge on any atom is -0.424 e. The number of rotatable bonds is 11. The van der Waals surface area contributed by atoms with E-state index in [2.05, 4.69) is 116 Å². The van der Waals surface area contributed by atoms with Crippen LogP contribution >= 0.6 is 0 Å². The molecule has 2 aromatic rings. The first-order valence-electron chi connectivity index (χ1n) is 18.3. The molecule has 0 radical (unpaired) electrons. The quantitative estimate of drug-likeness (QED) is 0.183. The van der Waals surface area contributed by atoms with E-state index in [0.717, 1.165) is 82.2 Å². The van der Waals surface area contributed by atoms with Gasteiger partial charge in [-0.3, -0.25) is 9.59 Å². The monoisotopic (exact) mass is 672 g/mol. The number of fused-ring (bicyclic) bond motifs is 4. The summed E-state index contributed by atoms with van der Waals surface area (Å²) in [7, 11) is 0. The van der Waals surface area contributed by atoms with Gasteiger partial charge in [-0.2, -0.15) is 0 Å². The number of pyridine rings is 2. The van der Waals surface area contributed by atoms with Crippen LogP contribution in [-0.2, 0) is 19.1 Å². The van der Waals surface area contributed by atoms with Crippen LogP contribution in [0.4, 0.5) is 0 Å². The van der Waals surface area contributed by atoms with Gasteiger partial charge in [0.25, 0.3) is 0 Å². The Morgan fingerprint density at radius 2 is 0.900 bits per heavy atom. The van der Waals surface area contributed by atoms with E-state index >= 15 is 0 Å². The van der Waals surface area contributed by atoms with E-state index in [9.17, 15) is 9.59 Å². The summed E-state index contributed by atoms with van der Waals surface area (Å²) >= 11 is 0. The molecule has 6 rings (SSSR count). The minimum absolute atomic E-state index is 0.0709. The minimum atomic E-state index is -0.246. The Morgan fingerprint density at radius 3 is 1.30 bits per heavy atom. The maximum absolute atomic E-state index is 12.9. The molecular formula is C44H52N2O4. The maximum Gasteiger partial charge on any atom is 0.311 e. The highest BCUT2D eigenvalue weighted by Crippen LogP contribution is 2.31. The van der Waals surface area contributed by atoms with Gasteiger partial charge in [0.05, 0.1) is 10.7 Å². The Morgan fingerprint density at radius 1 is 0.520 bits per heavy atom. The summed E-state index contributed by atoms with van der Waals surface area (Å²) in [6.45, 7) is 17.1. The van der Waals surface area contributed by atoms with Gasteiger partial charge in [-0.05, 0) is 49.3 Å². The van der Waals surface area contributed by atoms with Crippen LogP contribution in [0.15, 0.2) is 36.4 Å². The van der Waals surface area contributed by atoms with Gasteiger partial charge in [-0.15, -0.1) is 0 Å². The van der Waals surface area contributed by atoms with Crippen LogP contribution in [-0.4, -0.2) is 21.9 Å². The van der Waals surface area contributed by atoms with E-state index < -0.39 is 0 Å². The first kappa shape index (κ1) is 35.5. The molecule has 6 nitrogen and oxygen atoms in total. The van der Waals surface area contributed by atoms with E-state index in [1.807, 2.05) is 12.2 Å². The number of nitrogens with zero attached hydrogens (tertiary/aromatic N) is 2. The van der Waals surface area contributed by atoms with E-state index in [1.165, 1.54) is 0 Å². The van der Waals surface area contributed by atoms with Crippen LogP contribution in [0.1, 0.15) is 129 Å². The fraction of sp³-hybridized carbons (Fsp3) is 0.455. The number of allylic oxidation sites excluding steroid dienone is 4. The highest BCUT2D eigenvalue weighted by molar-refractivity contribution is 5.81. The lowest BCUT2D eigenvalue weighted by Gasteiger charge is -2.24. The zero-order valence-electron chi connectivity index (χ0n) is 31.1. The zero-order chi connectivity index (χ0) is 35.9. The largest absolute Gasteiger partial charge is 0.424 e. The molecule has 0 amide bonds. The average Bonchev–Trinajstić information content (AvgIpc) is 2.99. The zero-order valence-corrected chi connectivity index (χ0v) is 31.1. The predicted octanol–water partition coefficient (Wildman–Crippen LogP) is 7.37. The molecule has 262 valence electrons. The summed E-state index contributed by atoms with van der Waals surface area (Å²) in [4.78, 5) is 35.7. The van der Waals surface area contributed by atoms with Gasteiger partial charge in [0.1, 0.15) is 11.4 Å². The Bertz CT molecular complexity index is 1950. The SMILES string of the molecule is CC1(C)C=C(OC(=O)CCCCCCCCC(=O)OC2=CC(C)(C)C=c3cc4c(nc32)=CC(C)(C)C=C4)c2nc3c(cc2=C1)C=CC(C)(C)C=3. The molecule has 0 aromatic carbocycles. The fourth-order valence-corrected chi connectivity index (χ4v) is 7.09. The molecule has 2 aromatic heterocycles. The second kappa shape index (κ2) is 13.4. The lowest BCUT2D eigenvalue weighted by Crippen LogP contribution is -2.31. The van der Waals surface area contributed by atoms with Crippen molar-refractivity contribution in [3.63, 3.8) is 0 Å². The molecule has 0 aliphatic heterocycles. The smallest absolute Gasteiger partial charge is 0.311 e. The van der Waals surface area contributed by atoms with Crippen molar-refractivity contribution in [2.45, 2.75) is 107 Å². The van der Waals surface area contributed by atoms with Gasteiger partial charge < -0.3 is 9.47 Å². The summed E-state index contributed by atoms with van der Waals surface area (Å²) in [5.74, 6) is 0.658. The molecule has 4 aliphatic rings. The molecule has 0 saturated carbocycles. The van der Waals surface area contributed by atoms with Crippen molar-refractivity contribution in [3.05, 3.63) is 80.1 Å². The molecule has 0 bridgehead atoms. The Hall–Kier alpha value is -4.32. The van der Waals surface area contributed by atoms with Crippen LogP contribution < -0.4 is 21.1 Å². The number of esters is 2. The molecule has 0 unspecified atom stereocenters. The third-order valence-corrected chi connectivity index (χ3v) is 9.61. The predicted molar refractivity (Wildman–Crippen MR) is 203 cm³/mol. The van der Waals surface area contributed by atoms with Gasteiger partial charge in [-0.25, -0.2) is 9.97 Å². The first-order chi connectivity index (χ1) is 23.5. The normalized spacial score (nSPS) is 19.4. The molecular weight excluding hydrogens is 620 g/mol. The Kier molecular flexibility index (Phi) is 9.53. The molecule has 0 fully saturated rings. The molecule has 0 saturated heterocycles. The molecule has 2 heterocycles. The van der Waals surface area contributed by atoms with Crippen molar-refractivity contribution in [1.82, 2.24) is 9.97 Å². The second-order valence-electron chi connectivity index (χ2n) is 16.9. The highest BCUT2D eigenvalue weighted by Gasteiger charge is 2.27. The summed E-state index contributed by atoms with van der Waals surface area (Å²) in [5.41, 5.74) is 3.01. The molecule has 6 heteroatoms. The average molecular weight is 673 g/mol. The van der Waals surface area contributed by atoms with Crippen molar-refractivity contribution in [2.24, 2.45) is 21.7 Å². The van der Waals surface area contributed by atoms with Crippen molar-refractivity contribution in [3.8, 4) is 0 Å². The van der Waals surface area contributed by atoms with Crippen LogP contribution in [0.3, 0.4) is 0 Å². The van der Waals surface area contributed by atoms with Crippen LogP contribution in [0.25, 0.3) is 48.0 Å². The topological polar surface area (TPSA) is 78.4 Å². The van der Waals surface area contributed by atoms with Crippen LogP contribution in [0, 0.1) is 21.7 Å². The van der Waals surface area contributed by atoms with Gasteiger partial charge >= 0.3 is 11.9 Å². The molecule has 4 aliphatic carbocycles. The van der Waals surface area contributed by atoms with Gasteiger partial charge in [-0.1, -0.05) is 118 Å². The molecule has 0 atom stereocenters. The third kappa shape index (κ3) is 8.51. The first-order valence-corrected chi connectivity index (χ1v) is 18.3. The highest BCUT2D eigenvalue weighted by atomic mass is 16.5. The number of aromatic nitrogens is 2. The van der Waals surface area contributed by atoms with E-state index in [0.29, 0.717) is 24.4 Å². The third-order valence-electron chi connectivity index (χ3n) is 9.61. The number of carbonyl (C=O) groups is 2. The molecule has 0 N–H and O–H groups in total. The van der Waals surface area contributed by atoms with Crippen LogP contribution in [0.5, 0.6) is 0 Å². The lowest BCUT2D eigenvalue weighted by molar-refractivity contribution is -0.137. The summed E-state index contributed by atoms with van der Waals surface area (Å²) in [5, 5.41) is 3.85. The van der Waals surface area contributed by atoms with Crippen molar-refractivity contribution in [1.29, 1.82) is 0 Å². The number of hydrogen-bond donors (Lipinski definition) is 0. The number of unbranched alkanes of at least 4 members (excludes halogenated alkanes) is 5. The van der Waals surface area contributed by atoms with E-state index in [1.54, 1.807) is 0 Å². The van der Waals surface area contributed by atoms with Crippen molar-refractivity contribution < 1.29 is 19.1 Å². The van der Waals surface area contributed by atoms with Gasteiger partial charge in [0.15, 0.2) is 11.5 Å². The lowest BCUT2D eigenvalue weighted by atomic mass is 9.85. The molecule has 50 heavy (non-hydrogen) atoms. The van der Waals surface area contributed by atoms with E-state index in [4.69, 9.17) is 19.4 Å². The number of carbonyl (C=O) groups excluding carboxylic acids is 2. The standard InChI is InChI=1S/C44H52N2O4/c1-41(2)19-17-29-21-31-23-43(5,6)27-35(39(31)45-33(29)25-41)49-37(47)15-13-11-9-10-12-14-16-38(48)50-36-28-44(7,8)24-32-22-30-18-20-42(3,4)26-34(30)46-40(32)36/h17-28H,9-16H2,1-8H3. The Balaban J connectivity index is 0.945. The van der Waals surface area contributed by atoms with E-state index in [-0.39, 0.29) is 33.6 Å². The second-order valence-corrected chi connectivity index (χ2v) is 16.9. The van der Waals surface area contributed by atoms with Crippen molar-refractivity contribution in [2.75, 3.05) is 0 Å². The molecule has 0 spiro atoms. The summed E-state index contributed by atoms with van der Waals surface area (Å²) < 4.78 is 11.9.